The maximum absolute atomic E-state index is 13.7. The molecule has 3 nitrogen and oxygen atoms in total. The summed E-state index contributed by atoms with van der Waals surface area (Å²) in [6.07, 6.45) is -0.00509. The summed E-state index contributed by atoms with van der Waals surface area (Å²) in [6, 6.07) is 6.12. The van der Waals surface area contributed by atoms with Crippen LogP contribution in [0.4, 0.5) is 4.39 Å². The summed E-state index contributed by atoms with van der Waals surface area (Å²) in [6.45, 7) is 3.75. The number of hydrogen-bond donors (Lipinski definition) is 1. The van der Waals surface area contributed by atoms with Crippen molar-refractivity contribution in [3.8, 4) is 0 Å². The van der Waals surface area contributed by atoms with Crippen LogP contribution in [0.2, 0.25) is 5.02 Å². The first-order chi connectivity index (χ1) is 9.51. The zero-order chi connectivity index (χ0) is 14.7. The number of halogens is 2. The lowest BCUT2D eigenvalue weighted by molar-refractivity contribution is 0.175. The maximum atomic E-state index is 13.7. The molecule has 2 rings (SSSR count). The van der Waals surface area contributed by atoms with E-state index in [1.807, 2.05) is 13.8 Å². The monoisotopic (exact) mass is 294 g/mol. The fourth-order valence-electron chi connectivity index (χ4n) is 2.12. The Labute approximate surface area is 122 Å². The molecule has 1 aromatic carbocycles. The molecule has 0 spiro atoms. The van der Waals surface area contributed by atoms with Gasteiger partial charge in [0, 0.05) is 17.0 Å². The third kappa shape index (κ3) is 3.32. The van der Waals surface area contributed by atoms with Crippen LogP contribution in [-0.4, -0.2) is 15.3 Å². The minimum absolute atomic E-state index is 0.157. The SMILES string of the molecule is CCc1nnc(C)cc1C(O)Cc1cc(Cl)ccc1F. The summed E-state index contributed by atoms with van der Waals surface area (Å²) in [7, 11) is 0. The Kier molecular flexibility index (Phi) is 4.68. The van der Waals surface area contributed by atoms with Crippen molar-refractivity contribution in [2.24, 2.45) is 0 Å². The smallest absolute Gasteiger partial charge is 0.126 e. The lowest BCUT2D eigenvalue weighted by Crippen LogP contribution is -2.09. The summed E-state index contributed by atoms with van der Waals surface area (Å²) >= 11 is 5.86. The van der Waals surface area contributed by atoms with E-state index in [-0.39, 0.29) is 12.2 Å². The summed E-state index contributed by atoms with van der Waals surface area (Å²) in [4.78, 5) is 0. The number of nitrogens with zero attached hydrogens (tertiary/aromatic N) is 2. The van der Waals surface area contributed by atoms with E-state index < -0.39 is 6.10 Å². The molecule has 20 heavy (non-hydrogen) atoms. The van der Waals surface area contributed by atoms with Crippen molar-refractivity contribution in [1.29, 1.82) is 0 Å². The first kappa shape index (κ1) is 14.9. The van der Waals surface area contributed by atoms with Crippen LogP contribution in [0.25, 0.3) is 0 Å². The zero-order valence-corrected chi connectivity index (χ0v) is 12.2. The second-order valence-electron chi connectivity index (χ2n) is 4.70. The van der Waals surface area contributed by atoms with Gasteiger partial charge in [-0.2, -0.15) is 10.2 Å². The molecule has 1 N–H and O–H groups in total. The van der Waals surface area contributed by atoms with Gasteiger partial charge in [-0.3, -0.25) is 0 Å². The van der Waals surface area contributed by atoms with Gasteiger partial charge in [-0.15, -0.1) is 0 Å². The summed E-state index contributed by atoms with van der Waals surface area (Å²) in [5.41, 5.74) is 2.54. The van der Waals surface area contributed by atoms with Gasteiger partial charge in [-0.25, -0.2) is 4.39 Å². The molecular weight excluding hydrogens is 279 g/mol. The van der Waals surface area contributed by atoms with Gasteiger partial charge in [-0.1, -0.05) is 18.5 Å². The van der Waals surface area contributed by atoms with E-state index in [1.54, 1.807) is 6.07 Å². The molecule has 5 heteroatoms. The maximum Gasteiger partial charge on any atom is 0.126 e. The van der Waals surface area contributed by atoms with Crippen LogP contribution < -0.4 is 0 Å². The third-order valence-corrected chi connectivity index (χ3v) is 3.38. The average Bonchev–Trinajstić information content (AvgIpc) is 2.42. The number of aliphatic hydroxyl groups excluding tert-OH is 1. The van der Waals surface area contributed by atoms with Crippen molar-refractivity contribution in [3.05, 3.63) is 57.6 Å². The second-order valence-corrected chi connectivity index (χ2v) is 5.13. The molecule has 106 valence electrons. The number of aliphatic hydroxyl groups is 1. The number of aryl methyl sites for hydroxylation is 2. The zero-order valence-electron chi connectivity index (χ0n) is 11.4. The summed E-state index contributed by atoms with van der Waals surface area (Å²) in [5.74, 6) is -0.370. The van der Waals surface area contributed by atoms with E-state index >= 15 is 0 Å². The van der Waals surface area contributed by atoms with E-state index in [0.29, 0.717) is 22.6 Å². The van der Waals surface area contributed by atoms with Crippen molar-refractivity contribution in [1.82, 2.24) is 10.2 Å². The predicted octanol–water partition coefficient (Wildman–Crippen LogP) is 3.42. The first-order valence-electron chi connectivity index (χ1n) is 6.46. The molecule has 1 aromatic heterocycles. The van der Waals surface area contributed by atoms with E-state index in [9.17, 15) is 9.50 Å². The van der Waals surface area contributed by atoms with Crippen molar-refractivity contribution in [3.63, 3.8) is 0 Å². The van der Waals surface area contributed by atoms with Crippen molar-refractivity contribution < 1.29 is 9.50 Å². The van der Waals surface area contributed by atoms with Crippen LogP contribution >= 0.6 is 11.6 Å². The van der Waals surface area contributed by atoms with Crippen LogP contribution in [0, 0.1) is 12.7 Å². The molecule has 1 atom stereocenters. The molecule has 2 aromatic rings. The molecule has 0 aliphatic rings. The van der Waals surface area contributed by atoms with Crippen LogP contribution in [0.5, 0.6) is 0 Å². The van der Waals surface area contributed by atoms with Crippen LogP contribution in [-0.2, 0) is 12.8 Å². The largest absolute Gasteiger partial charge is 0.388 e. The molecular formula is C15H16ClFN2O. The molecule has 0 saturated heterocycles. The Morgan fingerprint density at radius 2 is 2.05 bits per heavy atom. The van der Waals surface area contributed by atoms with Gasteiger partial charge in [0.25, 0.3) is 0 Å². The van der Waals surface area contributed by atoms with Gasteiger partial charge in [0.2, 0.25) is 0 Å². The summed E-state index contributed by atoms with van der Waals surface area (Å²) in [5, 5.41) is 18.8. The van der Waals surface area contributed by atoms with Gasteiger partial charge in [0.05, 0.1) is 17.5 Å². The van der Waals surface area contributed by atoms with Crippen molar-refractivity contribution in [2.45, 2.75) is 32.8 Å². The lowest BCUT2D eigenvalue weighted by Gasteiger charge is -2.15. The van der Waals surface area contributed by atoms with Gasteiger partial charge < -0.3 is 5.11 Å². The minimum atomic E-state index is -0.827. The predicted molar refractivity (Wildman–Crippen MR) is 76.2 cm³/mol. The van der Waals surface area contributed by atoms with E-state index in [0.717, 1.165) is 11.4 Å². The average molecular weight is 295 g/mol. The van der Waals surface area contributed by atoms with E-state index in [2.05, 4.69) is 10.2 Å². The molecule has 0 saturated carbocycles. The second kappa shape index (κ2) is 6.29. The highest BCUT2D eigenvalue weighted by atomic mass is 35.5. The lowest BCUT2D eigenvalue weighted by atomic mass is 9.99. The Bertz CT molecular complexity index is 619. The van der Waals surface area contributed by atoms with Gasteiger partial charge in [0.15, 0.2) is 0 Å². The van der Waals surface area contributed by atoms with Crippen LogP contribution in [0.1, 0.15) is 35.5 Å². The molecule has 1 heterocycles. The minimum Gasteiger partial charge on any atom is -0.388 e. The fraction of sp³-hybridized carbons (Fsp3) is 0.333. The molecule has 1 unspecified atom stereocenters. The number of benzene rings is 1. The molecule has 0 aliphatic heterocycles. The quantitative estimate of drug-likeness (QED) is 0.940. The molecule has 0 radical (unpaired) electrons. The number of aromatic nitrogens is 2. The van der Waals surface area contributed by atoms with Crippen LogP contribution in [0.3, 0.4) is 0 Å². The normalized spacial score (nSPS) is 12.4. The van der Waals surface area contributed by atoms with Gasteiger partial charge >= 0.3 is 0 Å². The standard InChI is InChI=1S/C15H16ClFN2O/c1-3-14-12(6-9(2)18-19-14)15(20)8-10-7-11(16)4-5-13(10)17/h4-7,15,20H,3,8H2,1-2H3. The first-order valence-corrected chi connectivity index (χ1v) is 6.84. The Morgan fingerprint density at radius 1 is 1.30 bits per heavy atom. The van der Waals surface area contributed by atoms with Gasteiger partial charge in [-0.05, 0) is 43.2 Å². The van der Waals surface area contributed by atoms with E-state index in [4.69, 9.17) is 11.6 Å². The highest BCUT2D eigenvalue weighted by molar-refractivity contribution is 6.30. The van der Waals surface area contributed by atoms with Crippen LogP contribution in [0.15, 0.2) is 24.3 Å². The number of rotatable bonds is 4. The summed E-state index contributed by atoms with van der Waals surface area (Å²) < 4.78 is 13.7. The highest BCUT2D eigenvalue weighted by Crippen LogP contribution is 2.24. The van der Waals surface area contributed by atoms with Crippen molar-refractivity contribution >= 4 is 11.6 Å². The van der Waals surface area contributed by atoms with E-state index in [1.165, 1.54) is 18.2 Å². The topological polar surface area (TPSA) is 46.0 Å². The third-order valence-electron chi connectivity index (χ3n) is 3.14. The number of hydrogen-bond acceptors (Lipinski definition) is 3. The van der Waals surface area contributed by atoms with Crippen molar-refractivity contribution in [2.75, 3.05) is 0 Å². The molecule has 0 amide bonds. The van der Waals surface area contributed by atoms with Gasteiger partial charge in [0.1, 0.15) is 5.82 Å². The Hall–Kier alpha value is -1.52. The molecule has 0 fully saturated rings. The molecule has 0 aliphatic carbocycles. The molecule has 0 bridgehead atoms. The Balaban J connectivity index is 2.30. The highest BCUT2D eigenvalue weighted by Gasteiger charge is 2.16. The Morgan fingerprint density at radius 3 is 2.75 bits per heavy atom. The fourth-order valence-corrected chi connectivity index (χ4v) is 2.31.